The Hall–Kier alpha value is -0.980. The minimum Gasteiger partial charge on any atom is -0.192 e. The van der Waals surface area contributed by atoms with E-state index in [9.17, 15) is 61.5 Å². The first kappa shape index (κ1) is 19.0. The Morgan fingerprint density at radius 3 is 1.00 bits per heavy atom. The van der Waals surface area contributed by atoms with Gasteiger partial charge in [0.05, 0.1) is 0 Å². The van der Waals surface area contributed by atoms with Crippen LogP contribution in [-0.4, -0.2) is 36.0 Å². The van der Waals surface area contributed by atoms with Gasteiger partial charge in [-0.05, 0) is 0 Å². The van der Waals surface area contributed by atoms with Crippen molar-refractivity contribution in [3.8, 4) is 0 Å². The van der Waals surface area contributed by atoms with Gasteiger partial charge >= 0.3 is 36.0 Å². The van der Waals surface area contributed by atoms with Crippen LogP contribution in [0.2, 0.25) is 0 Å². The van der Waals surface area contributed by atoms with Crippen LogP contribution in [0.4, 0.5) is 61.5 Å². The highest BCUT2D eigenvalue weighted by atomic mass is 19.5. The molecule has 0 aromatic carbocycles. The fourth-order valence-electron chi connectivity index (χ4n) is 0.750. The maximum Gasteiger partial charge on any atom is 0.460 e. The zero-order chi connectivity index (χ0) is 17.0. The summed E-state index contributed by atoms with van der Waals surface area (Å²) in [6.45, 7) is 0. The van der Waals surface area contributed by atoms with Crippen LogP contribution in [0.5, 0.6) is 0 Å². The highest BCUT2D eigenvalue weighted by Gasteiger charge is 2.91. The van der Waals surface area contributed by atoms with Crippen molar-refractivity contribution in [3.63, 3.8) is 0 Å². The lowest BCUT2D eigenvalue weighted by Gasteiger charge is -2.37. The van der Waals surface area contributed by atoms with E-state index < -0.39 is 36.0 Å². The van der Waals surface area contributed by atoms with Crippen molar-refractivity contribution < 1.29 is 61.5 Å². The van der Waals surface area contributed by atoms with Crippen molar-refractivity contribution in [2.75, 3.05) is 0 Å². The van der Waals surface area contributed by atoms with Crippen LogP contribution in [0, 0.1) is 0 Å². The fourth-order valence-corrected chi connectivity index (χ4v) is 0.750. The monoisotopic (exact) mass is 340 g/mol. The summed E-state index contributed by atoms with van der Waals surface area (Å²) in [6.07, 6.45) is -15.0. The van der Waals surface area contributed by atoms with Gasteiger partial charge in [0, 0.05) is 0 Å². The maximum absolute atomic E-state index is 12.3. The third-order valence-electron chi connectivity index (χ3n) is 1.90. The van der Waals surface area contributed by atoms with Crippen molar-refractivity contribution in [3.05, 3.63) is 0 Å². The Kier molecular flexibility index (Phi) is 4.05. The van der Waals surface area contributed by atoms with Crippen LogP contribution in [0.1, 0.15) is 0 Å². The summed E-state index contributed by atoms with van der Waals surface area (Å²) < 4.78 is 166. The molecule has 0 spiro atoms. The summed E-state index contributed by atoms with van der Waals surface area (Å²) >= 11 is 0. The minimum atomic E-state index is -8.04. The van der Waals surface area contributed by atoms with Crippen LogP contribution in [0.25, 0.3) is 0 Å². The Balaban J connectivity index is 6.08. The topological polar surface area (TPSA) is 0 Å². The van der Waals surface area contributed by atoms with Gasteiger partial charge in [-0.2, -0.15) is 61.5 Å². The second-order valence-electron chi connectivity index (χ2n) is 3.29. The molecule has 0 aliphatic rings. The molecule has 0 aromatic rings. The van der Waals surface area contributed by atoms with Gasteiger partial charge < -0.3 is 0 Å². The zero-order valence-corrected chi connectivity index (χ0v) is 8.29. The summed E-state index contributed by atoms with van der Waals surface area (Å²) in [4.78, 5) is 0. The number of rotatable bonds is 3. The molecular formula is C6F14. The summed E-state index contributed by atoms with van der Waals surface area (Å²) in [5.74, 6) is -31.7. The largest absolute Gasteiger partial charge is 0.460 e. The Morgan fingerprint density at radius 1 is 0.500 bits per heavy atom. The van der Waals surface area contributed by atoms with Gasteiger partial charge in [-0.25, -0.2) is 0 Å². The van der Waals surface area contributed by atoms with Crippen LogP contribution in [0.15, 0.2) is 0 Å². The first-order chi connectivity index (χ1) is 8.25. The van der Waals surface area contributed by atoms with Crippen molar-refractivity contribution in [2.45, 2.75) is 36.0 Å². The highest BCUT2D eigenvalue weighted by molar-refractivity contribution is 5.08. The van der Waals surface area contributed by atoms with E-state index in [-0.39, 0.29) is 0 Å². The summed E-state index contributed by atoms with van der Waals surface area (Å²) in [5, 5.41) is 0. The van der Waals surface area contributed by atoms with E-state index in [1.165, 1.54) is 0 Å². The quantitative estimate of drug-likeness (QED) is 0.656. The highest BCUT2D eigenvalue weighted by Crippen LogP contribution is 2.60. The lowest BCUT2D eigenvalue weighted by Crippen LogP contribution is -2.69. The molecule has 14 heteroatoms. The van der Waals surface area contributed by atoms with Crippen molar-refractivity contribution in [1.29, 1.82) is 0 Å². The van der Waals surface area contributed by atoms with Crippen molar-refractivity contribution in [2.24, 2.45) is 0 Å². The molecule has 0 saturated heterocycles. The molecule has 0 N–H and O–H groups in total. The molecule has 0 aromatic heterocycles. The van der Waals surface area contributed by atoms with E-state index in [1.54, 1.807) is 0 Å². The van der Waals surface area contributed by atoms with Crippen molar-refractivity contribution in [1.82, 2.24) is 0 Å². The summed E-state index contributed by atoms with van der Waals surface area (Å²) in [5.41, 5.74) is 0. The molecule has 0 unspecified atom stereocenters. The molecule has 0 saturated carbocycles. The summed E-state index contributed by atoms with van der Waals surface area (Å²) in [6, 6.07) is 0. The molecule has 0 fully saturated rings. The normalized spacial score (nSPS) is 16.5. The first-order valence-electron chi connectivity index (χ1n) is 3.90. The molecule has 0 aliphatic carbocycles. The Morgan fingerprint density at radius 2 is 0.800 bits per heavy atom. The van der Waals surface area contributed by atoms with Gasteiger partial charge in [-0.3, -0.25) is 0 Å². The molecule has 0 radical (unpaired) electrons. The molecule has 0 heterocycles. The molecule has 0 aliphatic heterocycles. The van der Waals surface area contributed by atoms with Gasteiger partial charge in [-0.1, -0.05) is 0 Å². The summed E-state index contributed by atoms with van der Waals surface area (Å²) in [7, 11) is 0. The number of hydrogen-bond acceptors (Lipinski definition) is 0. The van der Waals surface area contributed by atoms with E-state index in [0.717, 1.165) is 0 Å². The Bertz CT molecular complexity index is 319. The van der Waals surface area contributed by atoms with Gasteiger partial charge in [0.1, 0.15) is 0 Å². The van der Waals surface area contributed by atoms with Crippen LogP contribution >= 0.6 is 0 Å². The average Bonchev–Trinajstić information content (AvgIpc) is 2.12. The SMILES string of the molecule is FC(F)(F)C(F)(F)C(F)(F)C(F)(F)[14C](F)(F)C(F)(F)F. The number of alkyl halides is 14. The molecular weight excluding hydrogens is 340 g/mol. The lowest BCUT2D eigenvalue weighted by atomic mass is 10.1. The van der Waals surface area contributed by atoms with Crippen molar-refractivity contribution >= 4 is 0 Å². The van der Waals surface area contributed by atoms with E-state index >= 15 is 0 Å². The average molecular weight is 340 g/mol. The lowest BCUT2D eigenvalue weighted by molar-refractivity contribution is -0.451. The third kappa shape index (κ3) is 2.25. The first-order valence-corrected chi connectivity index (χ1v) is 3.90. The predicted octanol–water partition coefficient (Wildman–Crippen LogP) is 4.65. The molecule has 0 nitrogen and oxygen atoms in total. The van der Waals surface area contributed by atoms with Gasteiger partial charge in [0.2, 0.25) is 0 Å². The molecule has 0 amide bonds. The third-order valence-corrected chi connectivity index (χ3v) is 1.90. The maximum atomic E-state index is 12.3. The smallest absolute Gasteiger partial charge is 0.192 e. The number of halogens is 14. The fraction of sp³-hybridized carbons (Fsp3) is 1.00. The molecule has 0 bridgehead atoms. The zero-order valence-electron chi connectivity index (χ0n) is 8.29. The van der Waals surface area contributed by atoms with Crippen LogP contribution < -0.4 is 0 Å². The second-order valence-corrected chi connectivity index (χ2v) is 3.29. The van der Waals surface area contributed by atoms with Crippen LogP contribution in [-0.2, 0) is 0 Å². The van der Waals surface area contributed by atoms with Gasteiger partial charge in [0.15, 0.2) is 0 Å². The molecule has 0 atom stereocenters. The molecule has 0 rings (SSSR count). The molecule has 122 valence electrons. The van der Waals surface area contributed by atoms with E-state index in [0.29, 0.717) is 0 Å². The van der Waals surface area contributed by atoms with E-state index in [1.807, 2.05) is 0 Å². The van der Waals surface area contributed by atoms with E-state index in [2.05, 4.69) is 0 Å². The van der Waals surface area contributed by atoms with Crippen LogP contribution in [0.3, 0.4) is 0 Å². The predicted molar refractivity (Wildman–Crippen MR) is 31.9 cm³/mol. The minimum absolute atomic E-state index is 7.48. The standard InChI is InChI=1S/C6F14/c7-1(8,3(11,12)5(15,16)17)2(9,10)4(13,14)6(18,19)20/i3+2. The second kappa shape index (κ2) is 4.26. The van der Waals surface area contributed by atoms with Gasteiger partial charge in [0.25, 0.3) is 0 Å². The Labute approximate surface area is 98.9 Å². The molecule has 20 heavy (non-hydrogen) atoms. The number of hydrogen-bond donors (Lipinski definition) is 0. The van der Waals surface area contributed by atoms with Gasteiger partial charge in [-0.15, -0.1) is 0 Å². The van der Waals surface area contributed by atoms with E-state index in [4.69, 9.17) is 0 Å².